The van der Waals surface area contributed by atoms with Gasteiger partial charge in [-0.15, -0.1) is 0 Å². The summed E-state index contributed by atoms with van der Waals surface area (Å²) < 4.78 is 1.84. The van der Waals surface area contributed by atoms with Crippen molar-refractivity contribution in [2.75, 3.05) is 38.0 Å². The molecule has 2 aromatic carbocycles. The number of urea groups is 2. The summed E-state index contributed by atoms with van der Waals surface area (Å²) in [5.41, 5.74) is 3.89. The van der Waals surface area contributed by atoms with E-state index in [2.05, 4.69) is 47.4 Å². The van der Waals surface area contributed by atoms with Gasteiger partial charge in [0.2, 0.25) is 5.91 Å². The molecule has 0 radical (unpaired) electrons. The van der Waals surface area contributed by atoms with Crippen molar-refractivity contribution in [1.29, 1.82) is 0 Å². The number of benzene rings is 2. The number of carboxylic acid groups (broad SMARTS) is 1. The van der Waals surface area contributed by atoms with Crippen LogP contribution in [0.4, 0.5) is 15.3 Å². The fourth-order valence-corrected chi connectivity index (χ4v) is 8.80. The third kappa shape index (κ3) is 7.46. The highest BCUT2D eigenvalue weighted by Crippen LogP contribution is 2.30. The van der Waals surface area contributed by atoms with Crippen LogP contribution in [0.1, 0.15) is 55.2 Å². The smallest absolute Gasteiger partial charge is 0.322 e. The molecule has 2 aromatic rings. The predicted octanol–water partition coefficient (Wildman–Crippen LogP) is 5.19. The molecule has 13 heteroatoms. The maximum atomic E-state index is 14.1. The maximum Gasteiger partial charge on any atom is 0.322 e. The summed E-state index contributed by atoms with van der Waals surface area (Å²) in [6.45, 7) is 5.32. The number of aliphatic carboxylic acids is 1. The number of carboxylic acids is 1. The van der Waals surface area contributed by atoms with Crippen LogP contribution in [-0.4, -0.2) is 106 Å². The highest BCUT2D eigenvalue weighted by Gasteiger charge is 2.39. The molecule has 6 rings (SSSR count). The Balaban J connectivity index is 1.10. The average Bonchev–Trinajstić information content (AvgIpc) is 3.57. The van der Waals surface area contributed by atoms with Crippen molar-refractivity contribution in [2.45, 2.75) is 82.6 Å². The van der Waals surface area contributed by atoms with E-state index in [1.807, 2.05) is 53.1 Å². The summed E-state index contributed by atoms with van der Waals surface area (Å²) in [6, 6.07) is 10.3. The molecule has 0 spiro atoms. The first-order valence-corrected chi connectivity index (χ1v) is 18.1. The van der Waals surface area contributed by atoms with E-state index in [9.17, 15) is 24.3 Å². The van der Waals surface area contributed by atoms with Crippen molar-refractivity contribution in [1.82, 2.24) is 24.9 Å². The molecule has 2 atom stereocenters. The van der Waals surface area contributed by atoms with Crippen LogP contribution < -0.4 is 10.6 Å². The van der Waals surface area contributed by atoms with Gasteiger partial charge in [-0.2, -0.15) is 0 Å². The zero-order chi connectivity index (χ0) is 33.2. The molecule has 5 amide bonds. The number of para-hydroxylation sites is 1. The van der Waals surface area contributed by atoms with Crippen LogP contribution in [-0.2, 0) is 22.6 Å². The minimum atomic E-state index is -0.771. The van der Waals surface area contributed by atoms with E-state index in [0.29, 0.717) is 71.2 Å². The normalized spacial score (nSPS) is 21.7. The molecule has 3 fully saturated rings. The van der Waals surface area contributed by atoms with Crippen molar-refractivity contribution in [3.8, 4) is 0 Å². The minimum absolute atomic E-state index is 0.0183. The molecule has 0 aromatic heterocycles. The van der Waals surface area contributed by atoms with Gasteiger partial charge in [-0.25, -0.2) is 9.59 Å². The standard InChI is InChI=1S/C34H42Br2N6O5/c1-21-26(35)17-22(18-27(21)36)19-29(31(43)39-13-8-24(9-14-39)41-12-4-7-30(41)32(44)45)38-33(46)40-15-10-25(11-16-40)42-20-23-5-2-3-6-28(23)37-34(42)47/h2-3,5-6,17-18,24-25,29-30H,4,7-16,19-20H2,1H3,(H,37,47)(H,38,46)(H,44,45)/t29?,30-/m0/s1. The van der Waals surface area contributed by atoms with Crippen molar-refractivity contribution in [3.63, 3.8) is 0 Å². The second kappa shape index (κ2) is 14.5. The van der Waals surface area contributed by atoms with E-state index in [0.717, 1.165) is 44.3 Å². The molecule has 3 saturated heterocycles. The summed E-state index contributed by atoms with van der Waals surface area (Å²) in [7, 11) is 0. The second-order valence-corrected chi connectivity index (χ2v) is 14.8. The average molecular weight is 775 g/mol. The van der Waals surface area contributed by atoms with E-state index in [1.54, 1.807) is 4.90 Å². The van der Waals surface area contributed by atoms with Gasteiger partial charge in [0.25, 0.3) is 0 Å². The SMILES string of the molecule is Cc1c(Br)cc(CC(NC(=O)N2CCC(N3Cc4ccccc4NC3=O)CC2)C(=O)N2CCC(N3CCC[C@H]3C(=O)O)CC2)cc1Br. The molecule has 4 heterocycles. The third-order valence-corrected chi connectivity index (χ3v) is 11.9. The van der Waals surface area contributed by atoms with Crippen molar-refractivity contribution >= 4 is 61.5 Å². The van der Waals surface area contributed by atoms with Crippen LogP contribution in [0.25, 0.3) is 0 Å². The number of rotatable bonds is 7. The van der Waals surface area contributed by atoms with Crippen LogP contribution in [0.3, 0.4) is 0 Å². The largest absolute Gasteiger partial charge is 0.480 e. The van der Waals surface area contributed by atoms with E-state index in [1.165, 1.54) is 0 Å². The van der Waals surface area contributed by atoms with Crippen LogP contribution in [0.2, 0.25) is 0 Å². The van der Waals surface area contributed by atoms with Crippen molar-refractivity contribution < 1.29 is 24.3 Å². The fourth-order valence-electron chi connectivity index (χ4n) is 7.52. The van der Waals surface area contributed by atoms with Crippen molar-refractivity contribution in [2.24, 2.45) is 0 Å². The van der Waals surface area contributed by atoms with Gasteiger partial charge < -0.3 is 30.4 Å². The maximum absolute atomic E-state index is 14.1. The fraction of sp³-hybridized carbons (Fsp3) is 0.529. The lowest BCUT2D eigenvalue weighted by Crippen LogP contribution is -2.58. The Morgan fingerprint density at radius 2 is 1.57 bits per heavy atom. The first-order valence-electron chi connectivity index (χ1n) is 16.5. The van der Waals surface area contributed by atoms with E-state index in [4.69, 9.17) is 0 Å². The van der Waals surface area contributed by atoms with Gasteiger partial charge in [-0.1, -0.05) is 50.1 Å². The zero-order valence-corrected chi connectivity index (χ0v) is 29.8. The number of anilines is 1. The van der Waals surface area contributed by atoms with Crippen LogP contribution in [0, 0.1) is 6.92 Å². The number of likely N-dealkylation sites (tertiary alicyclic amines) is 3. The minimum Gasteiger partial charge on any atom is -0.480 e. The first-order chi connectivity index (χ1) is 22.6. The Kier molecular flexibility index (Phi) is 10.4. The molecule has 1 unspecified atom stereocenters. The Labute approximate surface area is 292 Å². The number of fused-ring (bicyclic) bond motifs is 1. The highest BCUT2D eigenvalue weighted by atomic mass is 79.9. The predicted molar refractivity (Wildman–Crippen MR) is 185 cm³/mol. The van der Waals surface area contributed by atoms with E-state index in [-0.39, 0.29) is 30.1 Å². The number of halogens is 2. The number of amides is 5. The molecule has 3 N–H and O–H groups in total. The monoisotopic (exact) mass is 772 g/mol. The summed E-state index contributed by atoms with van der Waals surface area (Å²) in [6.07, 6.45) is 4.60. The quantitative estimate of drug-likeness (QED) is 0.356. The van der Waals surface area contributed by atoms with Gasteiger partial charge in [-0.3, -0.25) is 14.5 Å². The van der Waals surface area contributed by atoms with Crippen molar-refractivity contribution in [3.05, 3.63) is 62.0 Å². The molecular weight excluding hydrogens is 732 g/mol. The molecule has 0 saturated carbocycles. The molecular formula is C34H42Br2N6O5. The van der Waals surface area contributed by atoms with Gasteiger partial charge in [0.1, 0.15) is 12.1 Å². The molecule has 0 bridgehead atoms. The summed E-state index contributed by atoms with van der Waals surface area (Å²) in [5, 5.41) is 15.7. The molecule has 252 valence electrons. The lowest BCUT2D eigenvalue weighted by Gasteiger charge is -2.41. The molecule has 4 aliphatic heterocycles. The first kappa shape index (κ1) is 33.7. The molecule has 0 aliphatic carbocycles. The zero-order valence-electron chi connectivity index (χ0n) is 26.6. The highest BCUT2D eigenvalue weighted by molar-refractivity contribution is 9.11. The summed E-state index contributed by atoms with van der Waals surface area (Å²) in [5.74, 6) is -0.896. The van der Waals surface area contributed by atoms with Crippen LogP contribution in [0.5, 0.6) is 0 Å². The topological polar surface area (TPSA) is 126 Å². The van der Waals surface area contributed by atoms with Gasteiger partial charge in [0.05, 0.1) is 0 Å². The number of hydrogen-bond donors (Lipinski definition) is 3. The van der Waals surface area contributed by atoms with Gasteiger partial charge in [0.15, 0.2) is 0 Å². The Morgan fingerprint density at radius 1 is 0.936 bits per heavy atom. The number of carbonyl (C=O) groups is 4. The van der Waals surface area contributed by atoms with Gasteiger partial charge in [-0.05, 0) is 86.9 Å². The Hall–Kier alpha value is -3.16. The van der Waals surface area contributed by atoms with Crippen LogP contribution in [0.15, 0.2) is 45.3 Å². The van der Waals surface area contributed by atoms with Gasteiger partial charge >= 0.3 is 18.0 Å². The number of piperidine rings is 2. The third-order valence-electron chi connectivity index (χ3n) is 10.3. The lowest BCUT2D eigenvalue weighted by molar-refractivity contribution is -0.144. The van der Waals surface area contributed by atoms with E-state index < -0.39 is 18.1 Å². The molecule has 47 heavy (non-hydrogen) atoms. The van der Waals surface area contributed by atoms with E-state index >= 15 is 0 Å². The summed E-state index contributed by atoms with van der Waals surface area (Å²) in [4.78, 5) is 59.9. The Bertz CT molecular complexity index is 1500. The number of nitrogens with zero attached hydrogens (tertiary/aromatic N) is 4. The van der Waals surface area contributed by atoms with Crippen LogP contribution >= 0.6 is 31.9 Å². The number of nitrogens with one attached hydrogen (secondary N) is 2. The Morgan fingerprint density at radius 3 is 2.26 bits per heavy atom. The number of hydrogen-bond acceptors (Lipinski definition) is 5. The van der Waals surface area contributed by atoms with Gasteiger partial charge in [0, 0.05) is 65.9 Å². The molecule has 11 nitrogen and oxygen atoms in total. The second-order valence-electron chi connectivity index (χ2n) is 13.1. The lowest BCUT2D eigenvalue weighted by atomic mass is 9.99. The summed E-state index contributed by atoms with van der Waals surface area (Å²) >= 11 is 7.24. The number of carbonyl (C=O) groups excluding carboxylic acids is 3. The molecule has 4 aliphatic rings.